The average molecular weight is 172 g/mol. The first-order valence-electron chi connectivity index (χ1n) is 3.62. The summed E-state index contributed by atoms with van der Waals surface area (Å²) in [7, 11) is 1.63. The van der Waals surface area contributed by atoms with Gasteiger partial charge in [0.25, 0.3) is 0 Å². The van der Waals surface area contributed by atoms with Crippen molar-refractivity contribution in [2.24, 2.45) is 5.73 Å². The summed E-state index contributed by atoms with van der Waals surface area (Å²) < 4.78 is 9.89. The maximum Gasteiger partial charge on any atom is 0.315 e. The van der Waals surface area contributed by atoms with Gasteiger partial charge in [0, 0.05) is 13.7 Å². The van der Waals surface area contributed by atoms with Gasteiger partial charge in [0.2, 0.25) is 5.89 Å². The van der Waals surface area contributed by atoms with Gasteiger partial charge in [-0.25, -0.2) is 0 Å². The van der Waals surface area contributed by atoms with Crippen molar-refractivity contribution in [1.29, 1.82) is 0 Å². The number of rotatable bonds is 5. The van der Waals surface area contributed by atoms with Crippen molar-refractivity contribution >= 4 is 6.01 Å². The molecule has 0 saturated heterocycles. The predicted octanol–water partition coefficient (Wildman–Crippen LogP) is -0.413. The van der Waals surface area contributed by atoms with Gasteiger partial charge in [-0.15, -0.1) is 5.10 Å². The van der Waals surface area contributed by atoms with Crippen molar-refractivity contribution < 1.29 is 9.15 Å². The number of nitrogens with one attached hydrogen (secondary N) is 1. The maximum atomic E-state index is 5.27. The molecule has 0 saturated carbocycles. The number of hydrogen-bond acceptors (Lipinski definition) is 6. The molecule has 1 rings (SSSR count). The molecule has 0 aromatic carbocycles. The molecule has 0 bridgehead atoms. The Morgan fingerprint density at radius 2 is 2.42 bits per heavy atom. The zero-order valence-corrected chi connectivity index (χ0v) is 6.91. The van der Waals surface area contributed by atoms with E-state index in [4.69, 9.17) is 14.9 Å². The Labute approximate surface area is 70.1 Å². The molecule has 68 valence electrons. The van der Waals surface area contributed by atoms with E-state index in [2.05, 4.69) is 15.5 Å². The fourth-order valence-corrected chi connectivity index (χ4v) is 0.668. The molecule has 12 heavy (non-hydrogen) atoms. The van der Waals surface area contributed by atoms with Gasteiger partial charge in [-0.3, -0.25) is 0 Å². The van der Waals surface area contributed by atoms with Crippen molar-refractivity contribution in [3.05, 3.63) is 5.89 Å². The van der Waals surface area contributed by atoms with E-state index in [0.29, 0.717) is 25.1 Å². The molecule has 1 heterocycles. The van der Waals surface area contributed by atoms with Crippen LogP contribution in [0.1, 0.15) is 5.89 Å². The van der Waals surface area contributed by atoms with E-state index in [1.807, 2.05) is 0 Å². The third-order valence-electron chi connectivity index (χ3n) is 1.22. The Balaban J connectivity index is 2.31. The Hall–Kier alpha value is -1.14. The lowest BCUT2D eigenvalue weighted by atomic mass is 10.7. The number of nitrogens with two attached hydrogens (primary N) is 1. The number of nitrogens with zero attached hydrogens (tertiary/aromatic N) is 2. The van der Waals surface area contributed by atoms with Crippen molar-refractivity contribution in [2.75, 3.05) is 25.6 Å². The van der Waals surface area contributed by atoms with Crippen LogP contribution in [0, 0.1) is 0 Å². The third kappa shape index (κ3) is 2.48. The Kier molecular flexibility index (Phi) is 3.49. The molecule has 0 spiro atoms. The molecule has 6 heteroatoms. The molecule has 1 aromatic heterocycles. The van der Waals surface area contributed by atoms with E-state index >= 15 is 0 Å². The minimum Gasteiger partial charge on any atom is -0.407 e. The monoisotopic (exact) mass is 172 g/mol. The van der Waals surface area contributed by atoms with Crippen LogP contribution < -0.4 is 11.1 Å². The average Bonchev–Trinajstić information content (AvgIpc) is 2.53. The largest absolute Gasteiger partial charge is 0.407 e. The van der Waals surface area contributed by atoms with E-state index in [1.165, 1.54) is 0 Å². The summed E-state index contributed by atoms with van der Waals surface area (Å²) in [5, 5.41) is 10.2. The van der Waals surface area contributed by atoms with Crippen LogP contribution in [0.25, 0.3) is 0 Å². The maximum absolute atomic E-state index is 5.27. The van der Waals surface area contributed by atoms with Gasteiger partial charge >= 0.3 is 6.01 Å². The minimum absolute atomic E-state index is 0.263. The molecule has 6 nitrogen and oxygen atoms in total. The number of methoxy groups -OCH3 is 1. The Morgan fingerprint density at radius 3 is 3.00 bits per heavy atom. The van der Waals surface area contributed by atoms with Crippen LogP contribution in [0.4, 0.5) is 6.01 Å². The van der Waals surface area contributed by atoms with Crippen LogP contribution in [0.2, 0.25) is 0 Å². The third-order valence-corrected chi connectivity index (χ3v) is 1.22. The highest BCUT2D eigenvalue weighted by Crippen LogP contribution is 2.02. The first-order valence-corrected chi connectivity index (χ1v) is 3.62. The van der Waals surface area contributed by atoms with Crippen LogP contribution in [-0.4, -0.2) is 30.5 Å². The quantitative estimate of drug-likeness (QED) is 0.587. The molecule has 3 N–H and O–H groups in total. The van der Waals surface area contributed by atoms with Crippen molar-refractivity contribution in [3.8, 4) is 0 Å². The van der Waals surface area contributed by atoms with Crippen molar-refractivity contribution in [1.82, 2.24) is 10.2 Å². The van der Waals surface area contributed by atoms with E-state index in [0.717, 1.165) is 0 Å². The van der Waals surface area contributed by atoms with Crippen LogP contribution >= 0.6 is 0 Å². The normalized spacial score (nSPS) is 10.2. The van der Waals surface area contributed by atoms with Gasteiger partial charge in [-0.2, -0.15) is 0 Å². The predicted molar refractivity (Wildman–Crippen MR) is 42.6 cm³/mol. The van der Waals surface area contributed by atoms with Crippen LogP contribution in [0.3, 0.4) is 0 Å². The first-order chi connectivity index (χ1) is 5.86. The standard InChI is InChI=1S/C6H12N4O2/c1-11-3-2-8-6-10-9-5(4-7)12-6/h2-4,7H2,1H3,(H,8,10). The molecular formula is C6H12N4O2. The minimum atomic E-state index is 0.263. The fourth-order valence-electron chi connectivity index (χ4n) is 0.668. The molecule has 0 atom stereocenters. The molecule has 0 fully saturated rings. The summed E-state index contributed by atoms with van der Waals surface area (Å²) in [6.45, 7) is 1.50. The van der Waals surface area contributed by atoms with Gasteiger partial charge in [0.05, 0.1) is 13.2 Å². The topological polar surface area (TPSA) is 86.2 Å². The van der Waals surface area contributed by atoms with Crippen LogP contribution in [0.15, 0.2) is 4.42 Å². The SMILES string of the molecule is COCCNc1nnc(CN)o1. The highest BCUT2D eigenvalue weighted by atomic mass is 16.5. The van der Waals surface area contributed by atoms with Crippen LogP contribution in [0.5, 0.6) is 0 Å². The summed E-state index contributed by atoms with van der Waals surface area (Å²) in [5.74, 6) is 0.426. The van der Waals surface area contributed by atoms with Gasteiger partial charge in [0.1, 0.15) is 0 Å². The van der Waals surface area contributed by atoms with Crippen LogP contribution in [-0.2, 0) is 11.3 Å². The number of aromatic nitrogens is 2. The van der Waals surface area contributed by atoms with Gasteiger partial charge < -0.3 is 20.2 Å². The van der Waals surface area contributed by atoms with Gasteiger partial charge in [-0.1, -0.05) is 5.10 Å². The first kappa shape index (κ1) is 8.95. The van der Waals surface area contributed by atoms with E-state index in [-0.39, 0.29) is 6.54 Å². The molecule has 0 aliphatic heterocycles. The molecular weight excluding hydrogens is 160 g/mol. The molecule has 0 amide bonds. The van der Waals surface area contributed by atoms with E-state index in [1.54, 1.807) is 7.11 Å². The second kappa shape index (κ2) is 4.68. The zero-order chi connectivity index (χ0) is 8.81. The summed E-state index contributed by atoms with van der Waals surface area (Å²) in [6, 6.07) is 0.382. The fraction of sp³-hybridized carbons (Fsp3) is 0.667. The summed E-state index contributed by atoms with van der Waals surface area (Å²) in [6.07, 6.45) is 0. The number of anilines is 1. The number of ether oxygens (including phenoxy) is 1. The van der Waals surface area contributed by atoms with E-state index < -0.39 is 0 Å². The number of hydrogen-bond donors (Lipinski definition) is 2. The highest BCUT2D eigenvalue weighted by molar-refractivity contribution is 5.16. The second-order valence-electron chi connectivity index (χ2n) is 2.12. The molecule has 0 aliphatic rings. The lowest BCUT2D eigenvalue weighted by Gasteiger charge is -1.97. The van der Waals surface area contributed by atoms with E-state index in [9.17, 15) is 0 Å². The molecule has 0 radical (unpaired) electrons. The Bertz CT molecular complexity index is 225. The Morgan fingerprint density at radius 1 is 1.58 bits per heavy atom. The molecule has 0 unspecified atom stereocenters. The lowest BCUT2D eigenvalue weighted by Crippen LogP contribution is -2.07. The second-order valence-corrected chi connectivity index (χ2v) is 2.12. The zero-order valence-electron chi connectivity index (χ0n) is 6.91. The van der Waals surface area contributed by atoms with Crippen molar-refractivity contribution in [2.45, 2.75) is 6.54 Å². The molecule has 1 aromatic rings. The lowest BCUT2D eigenvalue weighted by molar-refractivity contribution is 0.210. The van der Waals surface area contributed by atoms with Crippen molar-refractivity contribution in [3.63, 3.8) is 0 Å². The summed E-state index contributed by atoms with van der Waals surface area (Å²) in [5.41, 5.74) is 5.27. The summed E-state index contributed by atoms with van der Waals surface area (Å²) >= 11 is 0. The molecule has 0 aliphatic carbocycles. The summed E-state index contributed by atoms with van der Waals surface area (Å²) in [4.78, 5) is 0. The van der Waals surface area contributed by atoms with Gasteiger partial charge in [0.15, 0.2) is 0 Å². The van der Waals surface area contributed by atoms with Gasteiger partial charge in [-0.05, 0) is 0 Å². The smallest absolute Gasteiger partial charge is 0.315 e. The highest BCUT2D eigenvalue weighted by Gasteiger charge is 2.01.